The zero-order valence-electron chi connectivity index (χ0n) is 20.8. The average Bonchev–Trinajstić information content (AvgIpc) is 3.58. The molecule has 9 nitrogen and oxygen atoms in total. The van der Waals surface area contributed by atoms with E-state index in [2.05, 4.69) is 25.4 Å². The van der Waals surface area contributed by atoms with Crippen LogP contribution in [-0.4, -0.2) is 69.0 Å². The third kappa shape index (κ3) is 4.74. The highest BCUT2D eigenvalue weighted by atomic mass is 19.1. The molecule has 10 heteroatoms. The number of hydrogen-bond donors (Lipinski definition) is 1. The molecule has 0 radical (unpaired) electrons. The van der Waals surface area contributed by atoms with Gasteiger partial charge in [0.05, 0.1) is 18.3 Å². The summed E-state index contributed by atoms with van der Waals surface area (Å²) in [5, 5.41) is 13.6. The molecule has 1 N–H and O–H groups in total. The van der Waals surface area contributed by atoms with Crippen LogP contribution in [0.25, 0.3) is 10.9 Å². The van der Waals surface area contributed by atoms with Crippen LogP contribution in [0.15, 0.2) is 53.3 Å². The van der Waals surface area contributed by atoms with E-state index in [0.717, 1.165) is 35.9 Å². The lowest BCUT2D eigenvalue weighted by atomic mass is 10.0. The molecule has 0 aliphatic carbocycles. The Morgan fingerprint density at radius 2 is 1.97 bits per heavy atom. The molecule has 2 aliphatic heterocycles. The van der Waals surface area contributed by atoms with Crippen molar-refractivity contribution in [3.05, 3.63) is 81.7 Å². The molecule has 2 aliphatic rings. The summed E-state index contributed by atoms with van der Waals surface area (Å²) in [6.45, 7) is 5.77. The number of aryl methyl sites for hydroxylation is 1. The predicted octanol–water partition coefficient (Wildman–Crippen LogP) is 3.05. The molecule has 37 heavy (non-hydrogen) atoms. The minimum Gasteiger partial charge on any atom is -0.376 e. The first-order valence-electron chi connectivity index (χ1n) is 12.8. The van der Waals surface area contributed by atoms with Gasteiger partial charge in [-0.15, -0.1) is 5.10 Å². The molecular formula is C27H30FN7O2. The van der Waals surface area contributed by atoms with Gasteiger partial charge in [0.1, 0.15) is 11.9 Å². The van der Waals surface area contributed by atoms with E-state index in [4.69, 9.17) is 4.74 Å². The van der Waals surface area contributed by atoms with Crippen LogP contribution in [-0.2, 0) is 11.3 Å². The van der Waals surface area contributed by atoms with Crippen LogP contribution in [0, 0.1) is 12.7 Å². The van der Waals surface area contributed by atoms with Crippen molar-refractivity contribution in [2.45, 2.75) is 38.5 Å². The molecule has 2 aromatic carbocycles. The monoisotopic (exact) mass is 503 g/mol. The Labute approximate surface area is 213 Å². The van der Waals surface area contributed by atoms with Gasteiger partial charge >= 0.3 is 0 Å². The molecule has 4 aromatic rings. The summed E-state index contributed by atoms with van der Waals surface area (Å²) in [7, 11) is 0. The maximum Gasteiger partial charge on any atom is 0.253 e. The minimum absolute atomic E-state index is 0.0543. The number of halogens is 1. The Morgan fingerprint density at radius 1 is 1.14 bits per heavy atom. The van der Waals surface area contributed by atoms with Gasteiger partial charge in [-0.1, -0.05) is 24.3 Å². The predicted molar refractivity (Wildman–Crippen MR) is 138 cm³/mol. The number of ether oxygens (including phenoxy) is 1. The number of pyridine rings is 1. The number of piperazine rings is 1. The number of rotatable bonds is 6. The number of tetrazole rings is 1. The van der Waals surface area contributed by atoms with E-state index < -0.39 is 6.04 Å². The van der Waals surface area contributed by atoms with E-state index in [9.17, 15) is 9.18 Å². The van der Waals surface area contributed by atoms with E-state index in [-0.39, 0.29) is 17.5 Å². The van der Waals surface area contributed by atoms with Gasteiger partial charge in [0.2, 0.25) is 0 Å². The third-order valence-corrected chi connectivity index (χ3v) is 7.40. The fourth-order valence-corrected chi connectivity index (χ4v) is 5.48. The SMILES string of the molecule is Cc1ccc2cc([C@@H](c3nnnn3C[C@H]3CCCO3)N3CCN(c4ccccc4F)CC3)c(=O)[nH]c2c1. The Kier molecular flexibility index (Phi) is 6.43. The Morgan fingerprint density at radius 3 is 2.76 bits per heavy atom. The molecule has 2 aromatic heterocycles. The van der Waals surface area contributed by atoms with Gasteiger partial charge in [-0.2, -0.15) is 0 Å². The van der Waals surface area contributed by atoms with Gasteiger partial charge in [0.15, 0.2) is 5.82 Å². The summed E-state index contributed by atoms with van der Waals surface area (Å²) < 4.78 is 22.1. The number of para-hydroxylation sites is 1. The number of aromatic nitrogens is 5. The fraction of sp³-hybridized carbons (Fsp3) is 0.407. The largest absolute Gasteiger partial charge is 0.376 e. The molecular weight excluding hydrogens is 473 g/mol. The van der Waals surface area contributed by atoms with Crippen molar-refractivity contribution in [1.82, 2.24) is 30.1 Å². The van der Waals surface area contributed by atoms with Gasteiger partial charge in [0, 0.05) is 43.9 Å². The van der Waals surface area contributed by atoms with Crippen LogP contribution in [0.5, 0.6) is 0 Å². The van der Waals surface area contributed by atoms with Crippen LogP contribution in [0.4, 0.5) is 10.1 Å². The molecule has 0 saturated carbocycles. The van der Waals surface area contributed by atoms with Crippen molar-refractivity contribution in [2.24, 2.45) is 0 Å². The molecule has 192 valence electrons. The highest BCUT2D eigenvalue weighted by molar-refractivity contribution is 5.79. The number of H-pyrrole nitrogens is 1. The molecule has 0 bridgehead atoms. The molecule has 2 saturated heterocycles. The van der Waals surface area contributed by atoms with Gasteiger partial charge in [-0.25, -0.2) is 9.07 Å². The lowest BCUT2D eigenvalue weighted by molar-refractivity contribution is 0.0906. The van der Waals surface area contributed by atoms with Gasteiger partial charge < -0.3 is 14.6 Å². The summed E-state index contributed by atoms with van der Waals surface area (Å²) in [5.41, 5.74) is 2.92. The molecule has 0 amide bonds. The minimum atomic E-state index is -0.450. The third-order valence-electron chi connectivity index (χ3n) is 7.40. The first-order chi connectivity index (χ1) is 18.1. The van der Waals surface area contributed by atoms with E-state index in [1.165, 1.54) is 6.07 Å². The molecule has 2 fully saturated rings. The van der Waals surface area contributed by atoms with Crippen LogP contribution >= 0.6 is 0 Å². The van der Waals surface area contributed by atoms with Gasteiger partial charge in [-0.05, 0) is 65.4 Å². The highest BCUT2D eigenvalue weighted by Gasteiger charge is 2.34. The Hall–Kier alpha value is -3.63. The fourth-order valence-electron chi connectivity index (χ4n) is 5.48. The van der Waals surface area contributed by atoms with Gasteiger partial charge in [0.25, 0.3) is 5.56 Å². The summed E-state index contributed by atoms with van der Waals surface area (Å²) in [6, 6.07) is 14.4. The van der Waals surface area contributed by atoms with Crippen LogP contribution in [0.2, 0.25) is 0 Å². The van der Waals surface area contributed by atoms with E-state index in [1.807, 2.05) is 42.2 Å². The standard InChI is InChI=1S/C27H30FN7O2/c1-18-8-9-19-16-21(27(36)29-23(19)15-18)25(26-30-31-32-35(26)17-20-5-4-14-37-20)34-12-10-33(11-13-34)24-7-3-2-6-22(24)28/h2-3,6-9,15-16,20,25H,4-5,10-14,17H2,1H3,(H,29,36)/t20-,25+/m1/s1. The summed E-state index contributed by atoms with van der Waals surface area (Å²) in [5.74, 6) is 0.390. The zero-order chi connectivity index (χ0) is 25.4. The first kappa shape index (κ1) is 23.7. The number of fused-ring (bicyclic) bond motifs is 1. The van der Waals surface area contributed by atoms with Crippen LogP contribution < -0.4 is 10.5 Å². The lowest BCUT2D eigenvalue weighted by Crippen LogP contribution is -2.49. The van der Waals surface area contributed by atoms with Crippen molar-refractivity contribution in [3.63, 3.8) is 0 Å². The maximum absolute atomic E-state index is 14.5. The second kappa shape index (κ2) is 10.0. The number of nitrogens with one attached hydrogen (secondary N) is 1. The average molecular weight is 504 g/mol. The second-order valence-corrected chi connectivity index (χ2v) is 9.88. The van der Waals surface area contributed by atoms with E-state index in [1.54, 1.807) is 16.8 Å². The molecule has 4 heterocycles. The highest BCUT2D eigenvalue weighted by Crippen LogP contribution is 2.30. The molecule has 2 atom stereocenters. The zero-order valence-corrected chi connectivity index (χ0v) is 20.8. The number of aromatic amines is 1. The number of anilines is 1. The number of hydrogen-bond acceptors (Lipinski definition) is 7. The number of nitrogens with zero attached hydrogens (tertiary/aromatic N) is 6. The van der Waals surface area contributed by atoms with Gasteiger partial charge in [-0.3, -0.25) is 9.69 Å². The van der Waals surface area contributed by atoms with E-state index >= 15 is 0 Å². The van der Waals surface area contributed by atoms with Crippen molar-refractivity contribution in [3.8, 4) is 0 Å². The van der Waals surface area contributed by atoms with Crippen molar-refractivity contribution in [1.29, 1.82) is 0 Å². The normalized spacial score (nSPS) is 19.5. The second-order valence-electron chi connectivity index (χ2n) is 9.88. The van der Waals surface area contributed by atoms with Crippen molar-refractivity contribution < 1.29 is 9.13 Å². The molecule has 0 spiro atoms. The van der Waals surface area contributed by atoms with Crippen LogP contribution in [0.1, 0.15) is 35.8 Å². The summed E-state index contributed by atoms with van der Waals surface area (Å²) in [6.07, 6.45) is 2.03. The van der Waals surface area contributed by atoms with E-state index in [0.29, 0.717) is 49.8 Å². The Balaban J connectivity index is 1.37. The summed E-state index contributed by atoms with van der Waals surface area (Å²) >= 11 is 0. The van der Waals surface area contributed by atoms with Crippen LogP contribution in [0.3, 0.4) is 0 Å². The maximum atomic E-state index is 14.5. The smallest absolute Gasteiger partial charge is 0.253 e. The molecule has 0 unspecified atom stereocenters. The van der Waals surface area contributed by atoms with Crippen molar-refractivity contribution >= 4 is 16.6 Å². The topological polar surface area (TPSA) is 92.2 Å². The first-order valence-corrected chi connectivity index (χ1v) is 12.8. The lowest BCUT2D eigenvalue weighted by Gasteiger charge is -2.39. The quantitative estimate of drug-likeness (QED) is 0.432. The molecule has 6 rings (SSSR count). The summed E-state index contributed by atoms with van der Waals surface area (Å²) in [4.78, 5) is 20.8. The van der Waals surface area contributed by atoms with Crippen molar-refractivity contribution in [2.75, 3.05) is 37.7 Å². The Bertz CT molecular complexity index is 1450. The number of benzene rings is 2.